The fourth-order valence-corrected chi connectivity index (χ4v) is 3.91. The summed E-state index contributed by atoms with van der Waals surface area (Å²) in [6.07, 6.45) is -1.64. The first kappa shape index (κ1) is 20.4. The Hall–Kier alpha value is -2.29. The molecule has 1 atom stereocenters. The number of aromatic carboxylic acids is 1. The lowest BCUT2D eigenvalue weighted by Crippen LogP contribution is -2.38. The maximum Gasteiger partial charge on any atom is 0.433 e. The van der Waals surface area contributed by atoms with Gasteiger partial charge in [-0.25, -0.2) is 14.8 Å². The van der Waals surface area contributed by atoms with Crippen LogP contribution in [0, 0.1) is 0 Å². The molecule has 0 aliphatic carbocycles. The molecule has 1 fully saturated rings. The number of hydrogen-bond donors (Lipinski definition) is 1. The van der Waals surface area contributed by atoms with Crippen LogP contribution in [0.1, 0.15) is 47.8 Å². The predicted molar refractivity (Wildman–Crippen MR) is 101 cm³/mol. The summed E-state index contributed by atoms with van der Waals surface area (Å²) in [5.74, 6) is -0.380. The molecule has 1 aliphatic rings. The number of aromatic nitrogens is 2. The Morgan fingerprint density at radius 3 is 2.57 bits per heavy atom. The van der Waals surface area contributed by atoms with Crippen LogP contribution in [0.2, 0.25) is 0 Å². The Kier molecular flexibility index (Phi) is 6.12. The van der Waals surface area contributed by atoms with Crippen molar-refractivity contribution in [2.45, 2.75) is 49.3 Å². The van der Waals surface area contributed by atoms with Gasteiger partial charge in [0.1, 0.15) is 5.82 Å². The van der Waals surface area contributed by atoms with Crippen LogP contribution >= 0.6 is 11.8 Å². The number of rotatable bonds is 5. The van der Waals surface area contributed by atoms with Crippen LogP contribution in [0.5, 0.6) is 0 Å². The van der Waals surface area contributed by atoms with Crippen molar-refractivity contribution < 1.29 is 23.1 Å². The highest BCUT2D eigenvalue weighted by Gasteiger charge is 2.35. The Morgan fingerprint density at radius 1 is 1.25 bits per heavy atom. The third-order valence-corrected chi connectivity index (χ3v) is 5.57. The van der Waals surface area contributed by atoms with Crippen LogP contribution in [0.3, 0.4) is 0 Å². The minimum atomic E-state index is -4.55. The number of piperidine rings is 1. The molecule has 28 heavy (non-hydrogen) atoms. The molecule has 0 saturated carbocycles. The zero-order valence-electron chi connectivity index (χ0n) is 15.2. The lowest BCUT2D eigenvalue weighted by molar-refractivity contribution is -0.141. The number of carbonyl (C=O) groups is 1. The van der Waals surface area contributed by atoms with Crippen molar-refractivity contribution >= 4 is 23.5 Å². The maximum atomic E-state index is 13.3. The van der Waals surface area contributed by atoms with Crippen LogP contribution in [-0.2, 0) is 11.9 Å². The molecule has 1 saturated heterocycles. The molecule has 150 valence electrons. The lowest BCUT2D eigenvalue weighted by atomic mass is 10.0. The third kappa shape index (κ3) is 4.95. The quantitative estimate of drug-likeness (QED) is 0.560. The second kappa shape index (κ2) is 8.38. The van der Waals surface area contributed by atoms with Crippen molar-refractivity contribution in [2.75, 3.05) is 11.4 Å². The minimum Gasteiger partial charge on any atom is -0.478 e. The molecule has 0 unspecified atom stereocenters. The van der Waals surface area contributed by atoms with E-state index >= 15 is 0 Å². The summed E-state index contributed by atoms with van der Waals surface area (Å²) in [4.78, 5) is 20.9. The van der Waals surface area contributed by atoms with E-state index in [1.54, 1.807) is 12.1 Å². The van der Waals surface area contributed by atoms with E-state index in [2.05, 4.69) is 9.97 Å². The van der Waals surface area contributed by atoms with Gasteiger partial charge in [0, 0.05) is 24.4 Å². The van der Waals surface area contributed by atoms with Crippen LogP contribution in [0.25, 0.3) is 0 Å². The fraction of sp³-hybridized carbons (Fsp3) is 0.421. The van der Waals surface area contributed by atoms with E-state index < -0.39 is 17.8 Å². The highest BCUT2D eigenvalue weighted by atomic mass is 32.2. The first-order valence-corrected chi connectivity index (χ1v) is 9.90. The van der Waals surface area contributed by atoms with Gasteiger partial charge in [-0.05, 0) is 43.9 Å². The lowest BCUT2D eigenvalue weighted by Gasteiger charge is -2.34. The molecule has 3 rings (SSSR count). The molecule has 0 bridgehead atoms. The van der Waals surface area contributed by atoms with E-state index in [1.807, 2.05) is 11.8 Å². The van der Waals surface area contributed by atoms with Gasteiger partial charge in [-0.15, -0.1) is 0 Å². The van der Waals surface area contributed by atoms with Gasteiger partial charge < -0.3 is 10.0 Å². The van der Waals surface area contributed by atoms with Gasteiger partial charge in [0.2, 0.25) is 0 Å². The van der Waals surface area contributed by atoms with Crippen molar-refractivity contribution in [2.24, 2.45) is 0 Å². The van der Waals surface area contributed by atoms with E-state index in [0.29, 0.717) is 18.1 Å². The molecular weight excluding hydrogens is 391 g/mol. The average molecular weight is 411 g/mol. The maximum absolute atomic E-state index is 13.3. The molecular formula is C19H20F3N3O2S. The predicted octanol–water partition coefficient (Wildman–Crippen LogP) is 4.86. The third-order valence-electron chi connectivity index (χ3n) is 4.65. The summed E-state index contributed by atoms with van der Waals surface area (Å²) in [5.41, 5.74) is -0.00616. The van der Waals surface area contributed by atoms with Crippen molar-refractivity contribution in [3.05, 3.63) is 47.2 Å². The number of carboxylic acid groups (broad SMARTS) is 1. The van der Waals surface area contributed by atoms with Gasteiger partial charge in [-0.1, -0.05) is 23.9 Å². The number of halogens is 3. The summed E-state index contributed by atoms with van der Waals surface area (Å²) in [5, 5.41) is 8.99. The van der Waals surface area contributed by atoms with E-state index in [-0.39, 0.29) is 16.8 Å². The van der Waals surface area contributed by atoms with Crippen molar-refractivity contribution in [3.8, 4) is 0 Å². The van der Waals surface area contributed by atoms with Gasteiger partial charge in [-0.2, -0.15) is 13.2 Å². The number of hydrogen-bond acceptors (Lipinski definition) is 5. The van der Waals surface area contributed by atoms with Crippen LogP contribution < -0.4 is 4.90 Å². The van der Waals surface area contributed by atoms with Crippen molar-refractivity contribution in [3.63, 3.8) is 0 Å². The molecule has 2 heterocycles. The second-order valence-electron chi connectivity index (χ2n) is 6.72. The molecule has 5 nitrogen and oxygen atoms in total. The Labute approximate surface area is 165 Å². The summed E-state index contributed by atoms with van der Waals surface area (Å²) in [7, 11) is 0. The molecule has 0 amide bonds. The van der Waals surface area contributed by atoms with E-state index in [9.17, 15) is 18.0 Å². The summed E-state index contributed by atoms with van der Waals surface area (Å²) >= 11 is 1.10. The minimum absolute atomic E-state index is 0.0601. The first-order valence-electron chi connectivity index (χ1n) is 8.92. The molecule has 1 aromatic heterocycles. The number of nitrogens with zero attached hydrogens (tertiary/aromatic N) is 3. The van der Waals surface area contributed by atoms with Gasteiger partial charge >= 0.3 is 12.1 Å². The average Bonchev–Trinajstić information content (AvgIpc) is 2.66. The molecule has 1 aromatic carbocycles. The van der Waals surface area contributed by atoms with Crippen LogP contribution in [0.4, 0.5) is 19.0 Å². The normalized spacial score (nSPS) is 17.6. The van der Waals surface area contributed by atoms with Crippen LogP contribution in [-0.4, -0.2) is 33.6 Å². The smallest absolute Gasteiger partial charge is 0.433 e. The first-order chi connectivity index (χ1) is 13.2. The van der Waals surface area contributed by atoms with Gasteiger partial charge in [0.25, 0.3) is 0 Å². The van der Waals surface area contributed by atoms with Gasteiger partial charge in [-0.3, -0.25) is 0 Å². The molecule has 1 N–H and O–H groups in total. The highest BCUT2D eigenvalue weighted by Crippen LogP contribution is 2.33. The van der Waals surface area contributed by atoms with Crippen molar-refractivity contribution in [1.29, 1.82) is 0 Å². The zero-order valence-corrected chi connectivity index (χ0v) is 16.1. The topological polar surface area (TPSA) is 66.3 Å². The molecule has 0 spiro atoms. The number of benzene rings is 1. The standard InChI is InChI=1S/C19H20F3N3O2S/c1-12-4-2-3-9-25(12)16-10-15(19(20,21)22)23-18(24-16)28-11-13-5-7-14(8-6-13)17(26)27/h5-8,10,12H,2-4,9,11H2,1H3,(H,26,27)/t12-/m1/s1. The SMILES string of the molecule is C[C@@H]1CCCCN1c1cc(C(F)(F)F)nc(SCc2ccc(C(=O)O)cc2)n1. The van der Waals surface area contributed by atoms with E-state index in [4.69, 9.17) is 5.11 Å². The fourth-order valence-electron chi connectivity index (χ4n) is 3.10. The van der Waals surface area contributed by atoms with E-state index in [0.717, 1.165) is 42.7 Å². The van der Waals surface area contributed by atoms with E-state index in [1.165, 1.54) is 12.1 Å². The second-order valence-corrected chi connectivity index (χ2v) is 7.66. The number of carboxylic acids is 1. The molecule has 1 aliphatic heterocycles. The van der Waals surface area contributed by atoms with Gasteiger partial charge in [0.05, 0.1) is 5.56 Å². The summed E-state index contributed by atoms with van der Waals surface area (Å²) in [6.45, 7) is 2.67. The highest BCUT2D eigenvalue weighted by molar-refractivity contribution is 7.98. The summed E-state index contributed by atoms with van der Waals surface area (Å²) in [6, 6.07) is 7.35. The van der Waals surface area contributed by atoms with Crippen molar-refractivity contribution in [1.82, 2.24) is 9.97 Å². The monoisotopic (exact) mass is 411 g/mol. The Balaban J connectivity index is 1.82. The largest absolute Gasteiger partial charge is 0.478 e. The summed E-state index contributed by atoms with van der Waals surface area (Å²) < 4.78 is 40.0. The Morgan fingerprint density at radius 2 is 1.96 bits per heavy atom. The zero-order chi connectivity index (χ0) is 20.3. The van der Waals surface area contributed by atoms with Gasteiger partial charge in [0.15, 0.2) is 10.9 Å². The number of thioether (sulfide) groups is 1. The molecule has 9 heteroatoms. The van der Waals surface area contributed by atoms with Crippen LogP contribution in [0.15, 0.2) is 35.5 Å². The number of anilines is 1. The molecule has 2 aromatic rings. The number of alkyl halides is 3. The Bertz CT molecular complexity index is 843. The molecule has 0 radical (unpaired) electrons.